The van der Waals surface area contributed by atoms with E-state index in [2.05, 4.69) is 0 Å². The summed E-state index contributed by atoms with van der Waals surface area (Å²) in [6.45, 7) is 0. The molecule has 3 N–H and O–H groups in total. The summed E-state index contributed by atoms with van der Waals surface area (Å²) in [6.07, 6.45) is 2.32. The molecule has 0 saturated heterocycles. The lowest BCUT2D eigenvalue weighted by Gasteiger charge is -2.11. The van der Waals surface area contributed by atoms with Crippen LogP contribution in [0.3, 0.4) is 0 Å². The highest BCUT2D eigenvalue weighted by Crippen LogP contribution is 2.43. The zero-order valence-electron chi connectivity index (χ0n) is 8.82. The van der Waals surface area contributed by atoms with Crippen LogP contribution in [-0.4, -0.2) is 11.1 Å². The molecule has 16 heavy (non-hydrogen) atoms. The third kappa shape index (κ3) is 2.54. The highest BCUT2D eigenvalue weighted by Gasteiger charge is 2.26. The van der Waals surface area contributed by atoms with Crippen molar-refractivity contribution in [3.8, 4) is 0 Å². The van der Waals surface area contributed by atoms with E-state index in [-0.39, 0.29) is 6.42 Å². The number of carbonyl (C=O) groups is 1. The van der Waals surface area contributed by atoms with E-state index in [4.69, 9.17) is 22.4 Å². The van der Waals surface area contributed by atoms with Gasteiger partial charge in [0.1, 0.15) is 0 Å². The summed E-state index contributed by atoms with van der Waals surface area (Å²) in [6, 6.07) is 5.16. The smallest absolute Gasteiger partial charge is 0.305 e. The number of halogens is 1. The van der Waals surface area contributed by atoms with E-state index < -0.39 is 12.0 Å². The molecular weight excluding hydrogens is 226 g/mol. The molecule has 0 aliphatic heterocycles. The summed E-state index contributed by atoms with van der Waals surface area (Å²) >= 11 is 6.14. The molecule has 0 aromatic heterocycles. The fraction of sp³-hybridized carbons (Fsp3) is 0.417. The Balaban J connectivity index is 2.16. The SMILES string of the molecule is NC(CC(=O)O)c1ccc(C2CC2)c(Cl)c1. The van der Waals surface area contributed by atoms with Crippen LogP contribution in [0.2, 0.25) is 5.02 Å². The third-order valence-electron chi connectivity index (χ3n) is 2.86. The Morgan fingerprint density at radius 3 is 2.75 bits per heavy atom. The lowest BCUT2D eigenvalue weighted by Crippen LogP contribution is -2.15. The molecule has 1 unspecified atom stereocenters. The van der Waals surface area contributed by atoms with Gasteiger partial charge in [-0.1, -0.05) is 23.7 Å². The Bertz CT molecular complexity index is 415. The summed E-state index contributed by atoms with van der Waals surface area (Å²) in [5.74, 6) is -0.299. The summed E-state index contributed by atoms with van der Waals surface area (Å²) in [4.78, 5) is 10.5. The van der Waals surface area contributed by atoms with Gasteiger partial charge in [-0.15, -0.1) is 0 Å². The van der Waals surface area contributed by atoms with E-state index in [9.17, 15) is 4.79 Å². The topological polar surface area (TPSA) is 63.3 Å². The van der Waals surface area contributed by atoms with Gasteiger partial charge in [0.25, 0.3) is 0 Å². The Morgan fingerprint density at radius 2 is 2.25 bits per heavy atom. The van der Waals surface area contributed by atoms with Gasteiger partial charge in [0, 0.05) is 11.1 Å². The van der Waals surface area contributed by atoms with Crippen LogP contribution in [0.1, 0.15) is 42.3 Å². The fourth-order valence-corrected chi connectivity index (χ4v) is 2.15. The highest BCUT2D eigenvalue weighted by molar-refractivity contribution is 6.31. The first-order chi connectivity index (χ1) is 7.58. The van der Waals surface area contributed by atoms with Gasteiger partial charge >= 0.3 is 5.97 Å². The van der Waals surface area contributed by atoms with Crippen molar-refractivity contribution in [2.24, 2.45) is 5.73 Å². The molecule has 1 atom stereocenters. The molecule has 1 fully saturated rings. The van der Waals surface area contributed by atoms with Crippen LogP contribution in [-0.2, 0) is 4.79 Å². The predicted octanol–water partition coefficient (Wildman–Crippen LogP) is 2.69. The summed E-state index contributed by atoms with van der Waals surface area (Å²) < 4.78 is 0. The summed E-state index contributed by atoms with van der Waals surface area (Å²) in [5.41, 5.74) is 7.72. The van der Waals surface area contributed by atoms with Crippen molar-refractivity contribution in [1.82, 2.24) is 0 Å². The number of hydrogen-bond acceptors (Lipinski definition) is 2. The van der Waals surface area contributed by atoms with Crippen LogP contribution in [0.5, 0.6) is 0 Å². The predicted molar refractivity (Wildman–Crippen MR) is 62.6 cm³/mol. The second-order valence-corrected chi connectivity index (χ2v) is 4.67. The molecule has 0 heterocycles. The molecule has 1 saturated carbocycles. The molecule has 86 valence electrons. The summed E-state index contributed by atoms with van der Waals surface area (Å²) in [5, 5.41) is 9.36. The van der Waals surface area contributed by atoms with Gasteiger partial charge in [-0.25, -0.2) is 0 Å². The van der Waals surface area contributed by atoms with Gasteiger partial charge in [-0.2, -0.15) is 0 Å². The average molecular weight is 240 g/mol. The van der Waals surface area contributed by atoms with Gasteiger partial charge < -0.3 is 10.8 Å². The number of rotatable bonds is 4. The van der Waals surface area contributed by atoms with Gasteiger partial charge in [-0.3, -0.25) is 4.79 Å². The van der Waals surface area contributed by atoms with Gasteiger partial charge in [-0.05, 0) is 36.0 Å². The third-order valence-corrected chi connectivity index (χ3v) is 3.19. The number of benzene rings is 1. The molecule has 1 aromatic rings. The normalized spacial score (nSPS) is 17.1. The zero-order valence-corrected chi connectivity index (χ0v) is 9.57. The van der Waals surface area contributed by atoms with Gasteiger partial charge in [0.15, 0.2) is 0 Å². The Hall–Kier alpha value is -1.06. The van der Waals surface area contributed by atoms with Crippen molar-refractivity contribution in [1.29, 1.82) is 0 Å². The first-order valence-corrected chi connectivity index (χ1v) is 5.72. The van der Waals surface area contributed by atoms with E-state index in [0.717, 1.165) is 11.1 Å². The first kappa shape index (κ1) is 11.4. The minimum absolute atomic E-state index is 0.0703. The van der Waals surface area contributed by atoms with Gasteiger partial charge in [0.2, 0.25) is 0 Å². The Morgan fingerprint density at radius 1 is 1.56 bits per heavy atom. The monoisotopic (exact) mass is 239 g/mol. The maximum atomic E-state index is 10.5. The molecule has 0 spiro atoms. The van der Waals surface area contributed by atoms with Crippen molar-refractivity contribution in [3.05, 3.63) is 34.3 Å². The molecule has 1 aliphatic carbocycles. The van der Waals surface area contributed by atoms with E-state index in [1.54, 1.807) is 6.07 Å². The minimum atomic E-state index is -0.894. The van der Waals surface area contributed by atoms with Crippen LogP contribution in [0.15, 0.2) is 18.2 Å². The molecule has 4 heteroatoms. The van der Waals surface area contributed by atoms with Crippen LogP contribution in [0.4, 0.5) is 0 Å². The van der Waals surface area contributed by atoms with E-state index in [0.29, 0.717) is 10.9 Å². The van der Waals surface area contributed by atoms with Crippen LogP contribution in [0, 0.1) is 0 Å². The highest BCUT2D eigenvalue weighted by atomic mass is 35.5. The van der Waals surface area contributed by atoms with Crippen molar-refractivity contribution >= 4 is 17.6 Å². The number of hydrogen-bond donors (Lipinski definition) is 2. The zero-order chi connectivity index (χ0) is 11.7. The van der Waals surface area contributed by atoms with Crippen molar-refractivity contribution in [2.75, 3.05) is 0 Å². The quantitative estimate of drug-likeness (QED) is 0.849. The Kier molecular flexibility index (Phi) is 3.17. The second kappa shape index (κ2) is 4.44. The first-order valence-electron chi connectivity index (χ1n) is 5.34. The minimum Gasteiger partial charge on any atom is -0.481 e. The van der Waals surface area contributed by atoms with Crippen molar-refractivity contribution < 1.29 is 9.90 Å². The maximum absolute atomic E-state index is 10.5. The molecule has 3 nitrogen and oxygen atoms in total. The van der Waals surface area contributed by atoms with Crippen LogP contribution in [0.25, 0.3) is 0 Å². The van der Waals surface area contributed by atoms with E-state index in [1.807, 2.05) is 12.1 Å². The molecule has 0 radical (unpaired) electrons. The lowest BCUT2D eigenvalue weighted by atomic mass is 10.0. The number of carboxylic acid groups (broad SMARTS) is 1. The molecule has 1 aromatic carbocycles. The number of aliphatic carboxylic acids is 1. The average Bonchev–Trinajstić information content (AvgIpc) is 3.00. The van der Waals surface area contributed by atoms with Crippen LogP contribution < -0.4 is 5.73 Å². The maximum Gasteiger partial charge on any atom is 0.305 e. The molecule has 0 amide bonds. The van der Waals surface area contributed by atoms with Gasteiger partial charge in [0.05, 0.1) is 6.42 Å². The van der Waals surface area contributed by atoms with Crippen molar-refractivity contribution in [2.45, 2.75) is 31.2 Å². The molecule has 2 rings (SSSR count). The number of carboxylic acids is 1. The largest absolute Gasteiger partial charge is 0.481 e. The molecule has 1 aliphatic rings. The number of nitrogens with two attached hydrogens (primary N) is 1. The molecular formula is C12H14ClNO2. The van der Waals surface area contributed by atoms with E-state index in [1.165, 1.54) is 12.8 Å². The summed E-state index contributed by atoms with van der Waals surface area (Å²) in [7, 11) is 0. The molecule has 0 bridgehead atoms. The Labute approximate surface area is 99.2 Å². The second-order valence-electron chi connectivity index (χ2n) is 4.26. The fourth-order valence-electron chi connectivity index (χ4n) is 1.81. The van der Waals surface area contributed by atoms with Crippen LogP contribution >= 0.6 is 11.6 Å². The van der Waals surface area contributed by atoms with Crippen molar-refractivity contribution in [3.63, 3.8) is 0 Å². The standard InChI is InChI=1S/C12H14ClNO2/c13-10-5-8(11(14)6-12(15)16)3-4-9(10)7-1-2-7/h3-5,7,11H,1-2,6,14H2,(H,15,16). The lowest BCUT2D eigenvalue weighted by molar-refractivity contribution is -0.137. The van der Waals surface area contributed by atoms with E-state index >= 15 is 0 Å².